The molecule has 0 bridgehead atoms. The summed E-state index contributed by atoms with van der Waals surface area (Å²) in [7, 11) is 1.78. The highest BCUT2D eigenvalue weighted by molar-refractivity contribution is 7.92. The van der Waals surface area contributed by atoms with Crippen LogP contribution in [0.1, 0.15) is 16.7 Å². The van der Waals surface area contributed by atoms with Gasteiger partial charge in [0.15, 0.2) is 5.88 Å². The second kappa shape index (κ2) is 10.8. The van der Waals surface area contributed by atoms with E-state index in [1.165, 1.54) is 11.4 Å². The molecule has 1 aromatic heterocycles. The highest BCUT2D eigenvalue weighted by Crippen LogP contribution is 2.35. The number of anilines is 1. The van der Waals surface area contributed by atoms with E-state index in [2.05, 4.69) is 16.0 Å². The third-order valence-electron chi connectivity index (χ3n) is 6.46. The number of aliphatic imine (C=N–C) groups is 1. The topological polar surface area (TPSA) is 89.0 Å². The molecule has 0 aliphatic rings. The van der Waals surface area contributed by atoms with E-state index < -0.39 is 10.0 Å². The standard InChI is InChI=1S/C31H30N4O3S/c1-34(2)21-22-11-10-14-24(19-22)32-30(23-12-6-4-7-13-23)29-27-20-25(17-18-28(27)33-31(29)36)35(3)39(37,38)26-15-8-5-9-16-26/h4-20,33,36H,21H2,1-3H3. The molecule has 0 atom stereocenters. The fourth-order valence-corrected chi connectivity index (χ4v) is 5.78. The molecule has 39 heavy (non-hydrogen) atoms. The maximum absolute atomic E-state index is 13.3. The average Bonchev–Trinajstić information content (AvgIpc) is 3.26. The molecule has 0 aliphatic heterocycles. The van der Waals surface area contributed by atoms with Crippen LogP contribution in [-0.4, -0.2) is 50.3 Å². The Morgan fingerprint density at radius 2 is 1.54 bits per heavy atom. The molecule has 0 aliphatic carbocycles. The number of benzene rings is 4. The number of hydrogen-bond donors (Lipinski definition) is 2. The highest BCUT2D eigenvalue weighted by Gasteiger charge is 2.24. The predicted octanol–water partition coefficient (Wildman–Crippen LogP) is 5.93. The zero-order valence-electron chi connectivity index (χ0n) is 22.0. The molecule has 5 rings (SSSR count). The third kappa shape index (κ3) is 5.43. The summed E-state index contributed by atoms with van der Waals surface area (Å²) in [6.07, 6.45) is 0. The monoisotopic (exact) mass is 538 g/mol. The number of aromatic nitrogens is 1. The Hall–Kier alpha value is -4.40. The molecule has 0 spiro atoms. The van der Waals surface area contributed by atoms with Crippen molar-refractivity contribution in [3.63, 3.8) is 0 Å². The van der Waals surface area contributed by atoms with Crippen LogP contribution >= 0.6 is 0 Å². The van der Waals surface area contributed by atoms with Gasteiger partial charge < -0.3 is 15.0 Å². The van der Waals surface area contributed by atoms with Crippen LogP contribution in [0.2, 0.25) is 0 Å². The molecule has 1 heterocycles. The molecule has 0 saturated carbocycles. The Bertz CT molecular complexity index is 1750. The molecule has 0 amide bonds. The fourth-order valence-electron chi connectivity index (χ4n) is 4.57. The quantitative estimate of drug-likeness (QED) is 0.240. The van der Waals surface area contributed by atoms with E-state index in [0.29, 0.717) is 27.9 Å². The molecule has 4 aromatic carbocycles. The van der Waals surface area contributed by atoms with Crippen LogP contribution in [0.4, 0.5) is 11.4 Å². The van der Waals surface area contributed by atoms with Gasteiger partial charge in [-0.1, -0.05) is 60.7 Å². The van der Waals surface area contributed by atoms with E-state index in [1.807, 2.05) is 62.6 Å². The van der Waals surface area contributed by atoms with Gasteiger partial charge in [-0.2, -0.15) is 0 Å². The summed E-state index contributed by atoms with van der Waals surface area (Å²) in [5.74, 6) is -0.0391. The second-order valence-electron chi connectivity index (χ2n) is 9.60. The average molecular weight is 539 g/mol. The van der Waals surface area contributed by atoms with Crippen molar-refractivity contribution in [1.82, 2.24) is 9.88 Å². The van der Waals surface area contributed by atoms with Crippen LogP contribution in [0.5, 0.6) is 5.88 Å². The first kappa shape index (κ1) is 26.2. The number of H-pyrrole nitrogens is 1. The van der Waals surface area contributed by atoms with Crippen LogP contribution < -0.4 is 4.31 Å². The first-order chi connectivity index (χ1) is 18.7. The van der Waals surface area contributed by atoms with E-state index >= 15 is 0 Å². The van der Waals surface area contributed by atoms with Gasteiger partial charge in [-0.05, 0) is 62.1 Å². The first-order valence-electron chi connectivity index (χ1n) is 12.5. The summed E-state index contributed by atoms with van der Waals surface area (Å²) >= 11 is 0. The fraction of sp³-hybridized carbons (Fsp3) is 0.129. The normalized spacial score (nSPS) is 12.3. The molecule has 0 fully saturated rings. The van der Waals surface area contributed by atoms with Crippen molar-refractivity contribution in [2.24, 2.45) is 4.99 Å². The summed E-state index contributed by atoms with van der Waals surface area (Å²) in [6.45, 7) is 0.772. The van der Waals surface area contributed by atoms with E-state index in [9.17, 15) is 13.5 Å². The number of aromatic amines is 1. The van der Waals surface area contributed by atoms with E-state index in [-0.39, 0.29) is 10.8 Å². The molecule has 2 N–H and O–H groups in total. The second-order valence-corrected chi connectivity index (χ2v) is 11.6. The number of aromatic hydroxyl groups is 1. The minimum atomic E-state index is -3.78. The smallest absolute Gasteiger partial charge is 0.264 e. The van der Waals surface area contributed by atoms with E-state index in [1.54, 1.807) is 48.5 Å². The van der Waals surface area contributed by atoms with Crippen LogP contribution in [-0.2, 0) is 16.6 Å². The van der Waals surface area contributed by atoms with Gasteiger partial charge in [-0.15, -0.1) is 0 Å². The van der Waals surface area contributed by atoms with Crippen LogP contribution in [0.3, 0.4) is 0 Å². The predicted molar refractivity (Wildman–Crippen MR) is 158 cm³/mol. The van der Waals surface area contributed by atoms with Crippen molar-refractivity contribution in [1.29, 1.82) is 0 Å². The van der Waals surface area contributed by atoms with Gasteiger partial charge >= 0.3 is 0 Å². The zero-order valence-corrected chi connectivity index (χ0v) is 22.9. The van der Waals surface area contributed by atoms with Crippen LogP contribution in [0.25, 0.3) is 10.9 Å². The largest absolute Gasteiger partial charge is 0.494 e. The van der Waals surface area contributed by atoms with Gasteiger partial charge in [0.1, 0.15) is 0 Å². The molecule has 8 heteroatoms. The van der Waals surface area contributed by atoms with Crippen LogP contribution in [0, 0.1) is 0 Å². The van der Waals surface area contributed by atoms with Crippen molar-refractivity contribution in [2.75, 3.05) is 25.4 Å². The number of fused-ring (bicyclic) bond motifs is 1. The van der Waals surface area contributed by atoms with E-state index in [4.69, 9.17) is 4.99 Å². The van der Waals surface area contributed by atoms with Crippen molar-refractivity contribution in [2.45, 2.75) is 11.4 Å². The SMILES string of the molecule is CN(C)Cc1cccc(N=C(c2ccccc2)c2c(O)[nH]c3ccc(N(C)S(=O)(=O)c4ccccc4)cc23)c1. The van der Waals surface area contributed by atoms with Gasteiger partial charge in [-0.25, -0.2) is 13.4 Å². The number of rotatable bonds is 8. The van der Waals surface area contributed by atoms with Gasteiger partial charge in [0.05, 0.1) is 27.5 Å². The van der Waals surface area contributed by atoms with Gasteiger partial charge in [0.25, 0.3) is 10.0 Å². The van der Waals surface area contributed by atoms with Gasteiger partial charge in [0.2, 0.25) is 0 Å². The number of sulfonamides is 1. The molecule has 7 nitrogen and oxygen atoms in total. The lowest BCUT2D eigenvalue weighted by atomic mass is 10.0. The summed E-state index contributed by atoms with van der Waals surface area (Å²) in [6, 6.07) is 31.2. The van der Waals surface area contributed by atoms with Crippen LogP contribution in [0.15, 0.2) is 113 Å². The molecule has 0 saturated heterocycles. The van der Waals surface area contributed by atoms with Crippen molar-refractivity contribution in [3.8, 4) is 5.88 Å². The molecule has 5 aromatic rings. The summed E-state index contributed by atoms with van der Waals surface area (Å²) in [5, 5.41) is 11.8. The summed E-state index contributed by atoms with van der Waals surface area (Å²) in [5.41, 5.74) is 4.90. The van der Waals surface area contributed by atoms with Crippen molar-refractivity contribution in [3.05, 3.63) is 120 Å². The summed E-state index contributed by atoms with van der Waals surface area (Å²) < 4.78 is 27.9. The Morgan fingerprint density at radius 3 is 2.23 bits per heavy atom. The molecule has 0 radical (unpaired) electrons. The Balaban J connectivity index is 1.66. The minimum Gasteiger partial charge on any atom is -0.494 e. The zero-order chi connectivity index (χ0) is 27.6. The number of nitrogens with one attached hydrogen (secondary N) is 1. The minimum absolute atomic E-state index is 0.0391. The Kier molecular flexibility index (Phi) is 7.24. The van der Waals surface area contributed by atoms with E-state index in [0.717, 1.165) is 23.4 Å². The maximum Gasteiger partial charge on any atom is 0.264 e. The van der Waals surface area contributed by atoms with Crippen molar-refractivity contribution >= 4 is 38.0 Å². The maximum atomic E-state index is 13.3. The lowest BCUT2D eigenvalue weighted by Crippen LogP contribution is -2.26. The van der Waals surface area contributed by atoms with Gasteiger partial charge in [0, 0.05) is 30.1 Å². The Morgan fingerprint density at radius 1 is 0.846 bits per heavy atom. The Labute approximate surface area is 228 Å². The number of nitrogens with zero attached hydrogens (tertiary/aromatic N) is 3. The molecular weight excluding hydrogens is 508 g/mol. The van der Waals surface area contributed by atoms with Crippen molar-refractivity contribution < 1.29 is 13.5 Å². The first-order valence-corrected chi connectivity index (χ1v) is 13.9. The lowest BCUT2D eigenvalue weighted by Gasteiger charge is -2.20. The molecule has 0 unspecified atom stereocenters. The molecular formula is C31H30N4O3S. The highest BCUT2D eigenvalue weighted by atomic mass is 32.2. The lowest BCUT2D eigenvalue weighted by molar-refractivity contribution is 0.402. The third-order valence-corrected chi connectivity index (χ3v) is 8.26. The molecule has 198 valence electrons. The summed E-state index contributed by atoms with van der Waals surface area (Å²) in [4.78, 5) is 10.3. The number of hydrogen-bond acceptors (Lipinski definition) is 5. The van der Waals surface area contributed by atoms with Gasteiger partial charge in [-0.3, -0.25) is 4.31 Å².